The van der Waals surface area contributed by atoms with Crippen LogP contribution in [0.1, 0.15) is 30.4 Å². The van der Waals surface area contributed by atoms with Crippen molar-refractivity contribution in [3.8, 4) is 11.5 Å². The van der Waals surface area contributed by atoms with Crippen LogP contribution < -0.4 is 4.74 Å². The van der Waals surface area contributed by atoms with E-state index in [-0.39, 0.29) is 11.8 Å². The largest absolute Gasteiger partial charge is 0.457 e. The Kier molecular flexibility index (Phi) is 6.87. The van der Waals surface area contributed by atoms with E-state index in [0.717, 1.165) is 49.8 Å². The Morgan fingerprint density at radius 3 is 2.37 bits per heavy atom. The van der Waals surface area contributed by atoms with Gasteiger partial charge in [0.15, 0.2) is 0 Å². The third kappa shape index (κ3) is 5.10. The molecule has 1 aliphatic rings. The molecule has 2 heterocycles. The molecular weight excluding hydrogens is 434 g/mol. The molecule has 3 aromatic carbocycles. The molecule has 1 fully saturated rings. The number of amides is 1. The first-order valence-corrected chi connectivity index (χ1v) is 12.5. The summed E-state index contributed by atoms with van der Waals surface area (Å²) in [4.78, 5) is 18.0. The second kappa shape index (κ2) is 10.4. The first kappa shape index (κ1) is 23.2. The first-order valence-electron chi connectivity index (χ1n) is 12.5. The number of rotatable bonds is 7. The third-order valence-corrected chi connectivity index (χ3v) is 7.09. The predicted molar refractivity (Wildman–Crippen MR) is 141 cm³/mol. The molecule has 5 rings (SSSR count). The van der Waals surface area contributed by atoms with Gasteiger partial charge in [0, 0.05) is 62.7 Å². The van der Waals surface area contributed by atoms with Gasteiger partial charge in [-0.05, 0) is 48.0 Å². The van der Waals surface area contributed by atoms with Crippen molar-refractivity contribution in [1.29, 1.82) is 0 Å². The van der Waals surface area contributed by atoms with Crippen molar-refractivity contribution in [1.82, 2.24) is 14.4 Å². The quantitative estimate of drug-likeness (QED) is 0.352. The Morgan fingerprint density at radius 1 is 0.886 bits per heavy atom. The zero-order chi connectivity index (χ0) is 24.2. The molecule has 0 N–H and O–H groups in total. The molecule has 0 unspecified atom stereocenters. The van der Waals surface area contributed by atoms with E-state index in [1.165, 1.54) is 16.5 Å². The highest BCUT2D eigenvalue weighted by Gasteiger charge is 2.27. The Balaban J connectivity index is 1.48. The Bertz CT molecular complexity index is 1290. The summed E-state index contributed by atoms with van der Waals surface area (Å²) in [6, 6.07) is 26.5. The number of benzene rings is 3. The van der Waals surface area contributed by atoms with Crippen LogP contribution in [0.25, 0.3) is 10.9 Å². The summed E-state index contributed by atoms with van der Waals surface area (Å²) in [5.41, 5.74) is 3.45. The van der Waals surface area contributed by atoms with Gasteiger partial charge in [0.2, 0.25) is 5.91 Å². The van der Waals surface area contributed by atoms with Gasteiger partial charge in [-0.1, -0.05) is 55.5 Å². The smallest absolute Gasteiger partial charge is 0.223 e. The number of carbonyl (C=O) groups excluding carboxylic acids is 1. The zero-order valence-electron chi connectivity index (χ0n) is 20.6. The van der Waals surface area contributed by atoms with Gasteiger partial charge in [-0.3, -0.25) is 4.79 Å². The number of ether oxygens (including phenoxy) is 1. The number of aromatic nitrogens is 1. The van der Waals surface area contributed by atoms with Crippen LogP contribution in [0.2, 0.25) is 0 Å². The summed E-state index contributed by atoms with van der Waals surface area (Å²) in [5.74, 6) is 1.74. The standard InChI is InChI=1S/C30H33N3O2/c1-3-32-16-18-33(19-17-32)30(34)21-27(28-22-31(2)29-15-8-7-14-26(28)29)23-10-9-13-25(20-23)35-24-11-5-4-6-12-24/h4-15,20,22,27H,3,16-19,21H2,1-2H3/t27-/m0/s1. The zero-order valence-corrected chi connectivity index (χ0v) is 20.6. The average molecular weight is 468 g/mol. The molecular formula is C30H33N3O2. The number of fused-ring (bicyclic) bond motifs is 1. The summed E-state index contributed by atoms with van der Waals surface area (Å²) in [6.07, 6.45) is 2.62. The van der Waals surface area contributed by atoms with Crippen molar-refractivity contribution in [2.24, 2.45) is 7.05 Å². The van der Waals surface area contributed by atoms with Crippen molar-refractivity contribution in [3.63, 3.8) is 0 Å². The molecule has 1 amide bonds. The summed E-state index contributed by atoms with van der Waals surface area (Å²) < 4.78 is 8.30. The molecule has 1 saturated heterocycles. The van der Waals surface area contributed by atoms with Crippen molar-refractivity contribution in [3.05, 3.63) is 96.2 Å². The maximum Gasteiger partial charge on any atom is 0.223 e. The molecule has 0 bridgehead atoms. The van der Waals surface area contributed by atoms with E-state index in [2.05, 4.69) is 66.0 Å². The van der Waals surface area contributed by atoms with Crippen molar-refractivity contribution in [2.45, 2.75) is 19.3 Å². The van der Waals surface area contributed by atoms with Crippen molar-refractivity contribution < 1.29 is 9.53 Å². The number of hydrogen-bond donors (Lipinski definition) is 0. The average Bonchev–Trinajstić information content (AvgIpc) is 3.24. The number of para-hydroxylation sites is 2. The highest BCUT2D eigenvalue weighted by atomic mass is 16.5. The Morgan fingerprint density at radius 2 is 1.60 bits per heavy atom. The maximum atomic E-state index is 13.5. The predicted octanol–water partition coefficient (Wildman–Crippen LogP) is 5.66. The monoisotopic (exact) mass is 467 g/mol. The number of aryl methyl sites for hydroxylation is 1. The number of likely N-dealkylation sites (N-methyl/N-ethyl adjacent to an activating group) is 1. The molecule has 1 aromatic heterocycles. The van der Waals surface area contributed by atoms with E-state index in [1.54, 1.807) is 0 Å². The molecule has 0 radical (unpaired) electrons. The topological polar surface area (TPSA) is 37.7 Å². The summed E-state index contributed by atoms with van der Waals surface area (Å²) in [5, 5.41) is 1.19. The molecule has 5 heteroatoms. The van der Waals surface area contributed by atoms with Crippen molar-refractivity contribution >= 4 is 16.8 Å². The summed E-state index contributed by atoms with van der Waals surface area (Å²) >= 11 is 0. The number of hydrogen-bond acceptors (Lipinski definition) is 3. The minimum absolute atomic E-state index is 0.0582. The molecule has 35 heavy (non-hydrogen) atoms. The molecule has 4 aromatic rings. The molecule has 5 nitrogen and oxygen atoms in total. The van der Waals surface area contributed by atoms with E-state index in [9.17, 15) is 4.79 Å². The molecule has 1 aliphatic heterocycles. The van der Waals surface area contributed by atoms with Crippen LogP contribution in [-0.4, -0.2) is 53.0 Å². The van der Waals surface area contributed by atoms with E-state index >= 15 is 0 Å². The van der Waals surface area contributed by atoms with E-state index in [0.29, 0.717) is 6.42 Å². The second-order valence-electron chi connectivity index (χ2n) is 9.27. The minimum Gasteiger partial charge on any atom is -0.457 e. The van der Waals surface area contributed by atoms with Gasteiger partial charge in [-0.15, -0.1) is 0 Å². The fraction of sp³-hybridized carbons (Fsp3) is 0.300. The van der Waals surface area contributed by atoms with Gasteiger partial charge in [0.05, 0.1) is 0 Å². The van der Waals surface area contributed by atoms with Crippen LogP contribution in [0.4, 0.5) is 0 Å². The maximum absolute atomic E-state index is 13.5. The normalized spacial score (nSPS) is 15.3. The van der Waals surface area contributed by atoms with E-state index < -0.39 is 0 Å². The lowest BCUT2D eigenvalue weighted by Gasteiger charge is -2.35. The fourth-order valence-corrected chi connectivity index (χ4v) is 5.09. The molecule has 1 atom stereocenters. The number of piperazine rings is 1. The summed E-state index contributed by atoms with van der Waals surface area (Å²) in [6.45, 7) is 6.70. The fourth-order valence-electron chi connectivity index (χ4n) is 5.09. The van der Waals surface area contributed by atoms with Gasteiger partial charge < -0.3 is 19.1 Å². The van der Waals surface area contributed by atoms with Crippen LogP contribution in [0.15, 0.2) is 85.1 Å². The van der Waals surface area contributed by atoms with E-state index in [4.69, 9.17) is 4.74 Å². The first-order chi connectivity index (χ1) is 17.1. The summed E-state index contributed by atoms with van der Waals surface area (Å²) in [7, 11) is 2.07. The van der Waals surface area contributed by atoms with E-state index in [1.807, 2.05) is 47.4 Å². The molecule has 0 saturated carbocycles. The lowest BCUT2D eigenvalue weighted by molar-refractivity contribution is -0.133. The highest BCUT2D eigenvalue weighted by Crippen LogP contribution is 2.36. The van der Waals surface area contributed by atoms with Crippen molar-refractivity contribution in [2.75, 3.05) is 32.7 Å². The lowest BCUT2D eigenvalue weighted by atomic mass is 9.87. The Hall–Kier alpha value is -3.57. The molecule has 0 spiro atoms. The van der Waals surface area contributed by atoms with Crippen LogP contribution in [0.5, 0.6) is 11.5 Å². The van der Waals surface area contributed by atoms with Crippen LogP contribution in [0.3, 0.4) is 0 Å². The number of carbonyl (C=O) groups is 1. The van der Waals surface area contributed by atoms with Gasteiger partial charge in [-0.25, -0.2) is 0 Å². The van der Waals surface area contributed by atoms with Gasteiger partial charge >= 0.3 is 0 Å². The van der Waals surface area contributed by atoms with Crippen LogP contribution >= 0.6 is 0 Å². The SMILES string of the molecule is CCN1CCN(C(=O)C[C@@H](c2cccc(Oc3ccccc3)c2)c2cn(C)c3ccccc23)CC1. The lowest BCUT2D eigenvalue weighted by Crippen LogP contribution is -2.48. The van der Waals surface area contributed by atoms with Gasteiger partial charge in [-0.2, -0.15) is 0 Å². The molecule has 0 aliphatic carbocycles. The van der Waals surface area contributed by atoms with Crippen LogP contribution in [-0.2, 0) is 11.8 Å². The minimum atomic E-state index is -0.0582. The number of nitrogens with zero attached hydrogens (tertiary/aromatic N) is 3. The Labute approximate surface area is 207 Å². The third-order valence-electron chi connectivity index (χ3n) is 7.09. The van der Waals surface area contributed by atoms with Crippen LogP contribution in [0, 0.1) is 0 Å². The highest BCUT2D eigenvalue weighted by molar-refractivity contribution is 5.86. The second-order valence-corrected chi connectivity index (χ2v) is 9.27. The van der Waals surface area contributed by atoms with Gasteiger partial charge in [0.1, 0.15) is 11.5 Å². The molecule has 180 valence electrons. The van der Waals surface area contributed by atoms with Gasteiger partial charge in [0.25, 0.3) is 0 Å².